The van der Waals surface area contributed by atoms with Crippen molar-refractivity contribution in [3.8, 4) is 22.8 Å². The monoisotopic (exact) mass is 760 g/mol. The van der Waals surface area contributed by atoms with Gasteiger partial charge in [-0.3, -0.25) is 24.1 Å². The summed E-state index contributed by atoms with van der Waals surface area (Å²) in [5.74, 6) is -8.03. The Morgan fingerprint density at radius 2 is 1.75 bits per heavy atom. The second-order valence-corrected chi connectivity index (χ2v) is 13.8. The number of hydrogen-bond donors (Lipinski definition) is 5. The first-order chi connectivity index (χ1) is 26.1. The number of anilines is 2. The van der Waals surface area contributed by atoms with E-state index in [1.165, 1.54) is 13.2 Å². The summed E-state index contributed by atoms with van der Waals surface area (Å²) >= 11 is 0. The van der Waals surface area contributed by atoms with Gasteiger partial charge in [-0.2, -0.15) is 0 Å². The molecule has 0 aliphatic heterocycles. The van der Waals surface area contributed by atoms with E-state index in [1.54, 1.807) is 50.2 Å². The summed E-state index contributed by atoms with van der Waals surface area (Å²) in [6.07, 6.45) is -0.253. The van der Waals surface area contributed by atoms with E-state index in [-0.39, 0.29) is 54.2 Å². The standard InChI is InChI=1S/C38H40N4O13/c1-5-10-42(37(50)53-16-25-35(55-38(51)54-25)17-6-8-20(52-4)9-7-17)15-26(44)40-22-14-23(41(2)3)21-12-18-11-19-13-24(43)30(36(39)49)34(48)28(19)32(46)27(18)33(47)29(21)31(22)45/h6-9,14,18-19,28,45,47-48H,5,10-13,15-16H2,1-4H3,(H2,39,49)(H,40,44). The molecular weight excluding hydrogens is 720 g/mol. The van der Waals surface area contributed by atoms with Crippen molar-refractivity contribution in [2.45, 2.75) is 39.2 Å². The third-order valence-electron chi connectivity index (χ3n) is 10.0. The number of aromatic hydroxyl groups is 1. The van der Waals surface area contributed by atoms with Crippen LogP contribution in [0.15, 0.2) is 60.9 Å². The van der Waals surface area contributed by atoms with Crippen molar-refractivity contribution in [2.24, 2.45) is 23.5 Å². The Morgan fingerprint density at radius 3 is 2.38 bits per heavy atom. The molecule has 55 heavy (non-hydrogen) atoms. The molecule has 0 bridgehead atoms. The van der Waals surface area contributed by atoms with E-state index in [4.69, 9.17) is 24.0 Å². The van der Waals surface area contributed by atoms with E-state index in [9.17, 15) is 44.1 Å². The summed E-state index contributed by atoms with van der Waals surface area (Å²) < 4.78 is 20.8. The molecule has 3 aromatic rings. The van der Waals surface area contributed by atoms with Gasteiger partial charge in [-0.1, -0.05) is 6.92 Å². The molecule has 1 fully saturated rings. The van der Waals surface area contributed by atoms with E-state index >= 15 is 0 Å². The zero-order valence-electron chi connectivity index (χ0n) is 30.5. The number of primary amides is 1. The Hall–Kier alpha value is -6.52. The number of allylic oxidation sites excluding steroid dienone is 2. The van der Waals surface area contributed by atoms with Crippen molar-refractivity contribution in [3.63, 3.8) is 0 Å². The summed E-state index contributed by atoms with van der Waals surface area (Å²) in [4.78, 5) is 79.9. The van der Waals surface area contributed by atoms with Crippen LogP contribution in [0.1, 0.15) is 43.1 Å². The second kappa shape index (κ2) is 15.1. The number of nitrogens with one attached hydrogen (secondary N) is 1. The highest BCUT2D eigenvalue weighted by atomic mass is 16.6. The lowest BCUT2D eigenvalue weighted by Gasteiger charge is -2.41. The molecule has 0 spiro atoms. The first-order valence-electron chi connectivity index (χ1n) is 17.4. The molecule has 1 saturated carbocycles. The predicted molar refractivity (Wildman–Crippen MR) is 194 cm³/mol. The maximum atomic E-state index is 13.9. The topological polar surface area (TPSA) is 252 Å². The maximum Gasteiger partial charge on any atom is 0.519 e. The molecule has 0 radical (unpaired) electrons. The van der Waals surface area contributed by atoms with Gasteiger partial charge < -0.3 is 49.6 Å². The molecule has 1 aromatic heterocycles. The number of phenols is 1. The minimum Gasteiger partial charge on any atom is -0.511 e. The zero-order valence-corrected chi connectivity index (χ0v) is 30.5. The maximum absolute atomic E-state index is 13.9. The average Bonchev–Trinajstić information content (AvgIpc) is 3.50. The van der Waals surface area contributed by atoms with Crippen LogP contribution >= 0.6 is 0 Å². The number of carbonyl (C=O) groups is 5. The highest BCUT2D eigenvalue weighted by molar-refractivity contribution is 6.21. The van der Waals surface area contributed by atoms with E-state index < -0.39 is 89.0 Å². The van der Waals surface area contributed by atoms with Gasteiger partial charge in [-0.05, 0) is 67.0 Å². The number of benzene rings is 2. The van der Waals surface area contributed by atoms with Gasteiger partial charge in [0.05, 0.1) is 24.3 Å². The Kier molecular flexibility index (Phi) is 10.5. The number of ketones is 2. The van der Waals surface area contributed by atoms with Gasteiger partial charge in [0.25, 0.3) is 5.91 Å². The first-order valence-corrected chi connectivity index (χ1v) is 17.4. The SMILES string of the molecule is CCCN(CC(=O)Nc1cc(N(C)C)c2c(c1O)C(O)=C1C(=O)C3C(O)=C(C(N)=O)C(=O)CC3CC1C2)C(=O)OCc1oc(=O)oc1-c1ccc(OC)cc1. The molecule has 6 N–H and O–H groups in total. The van der Waals surface area contributed by atoms with Crippen LogP contribution in [0.25, 0.3) is 17.1 Å². The number of phenolic OH excluding ortho intramolecular Hbond substituents is 1. The van der Waals surface area contributed by atoms with Gasteiger partial charge in [0.2, 0.25) is 5.91 Å². The summed E-state index contributed by atoms with van der Waals surface area (Å²) in [7, 11) is 4.93. The highest BCUT2D eigenvalue weighted by Gasteiger charge is 2.51. The van der Waals surface area contributed by atoms with Gasteiger partial charge in [-0.15, -0.1) is 0 Å². The summed E-state index contributed by atoms with van der Waals surface area (Å²) in [6, 6.07) is 8.05. The van der Waals surface area contributed by atoms with Crippen molar-refractivity contribution in [1.29, 1.82) is 0 Å². The molecule has 17 nitrogen and oxygen atoms in total. The molecule has 3 atom stereocenters. The van der Waals surface area contributed by atoms with Crippen molar-refractivity contribution >= 4 is 46.6 Å². The van der Waals surface area contributed by atoms with Crippen molar-refractivity contribution in [3.05, 3.63) is 74.7 Å². The number of rotatable bonds is 11. The number of aliphatic hydroxyl groups excluding tert-OH is 2. The average molecular weight is 761 g/mol. The van der Waals surface area contributed by atoms with Crippen LogP contribution in [0.2, 0.25) is 0 Å². The van der Waals surface area contributed by atoms with E-state index in [1.807, 2.05) is 0 Å². The van der Waals surface area contributed by atoms with Gasteiger partial charge in [0.15, 0.2) is 29.7 Å². The van der Waals surface area contributed by atoms with Gasteiger partial charge in [-0.25, -0.2) is 9.59 Å². The number of hydrogen-bond acceptors (Lipinski definition) is 14. The fourth-order valence-corrected chi connectivity index (χ4v) is 7.64. The Morgan fingerprint density at radius 1 is 1.04 bits per heavy atom. The van der Waals surface area contributed by atoms with Crippen LogP contribution in [0.3, 0.4) is 0 Å². The molecule has 6 rings (SSSR count). The van der Waals surface area contributed by atoms with Crippen molar-refractivity contribution < 1.29 is 57.6 Å². The molecule has 0 saturated heterocycles. The molecule has 3 aliphatic carbocycles. The predicted octanol–water partition coefficient (Wildman–Crippen LogP) is 3.58. The normalized spacial score (nSPS) is 18.9. The molecule has 3 amide bonds. The molecule has 3 unspecified atom stereocenters. The van der Waals surface area contributed by atoms with Gasteiger partial charge in [0.1, 0.15) is 35.1 Å². The first kappa shape index (κ1) is 38.2. The number of ether oxygens (including phenoxy) is 2. The lowest BCUT2D eigenvalue weighted by molar-refractivity contribution is -0.127. The number of amides is 3. The largest absolute Gasteiger partial charge is 0.519 e. The Bertz CT molecular complexity index is 2210. The molecule has 290 valence electrons. The number of nitrogens with zero attached hydrogens (tertiary/aromatic N) is 2. The number of Topliss-reactive ketones (excluding diaryl/α,β-unsaturated/α-hetero) is 2. The zero-order chi connectivity index (χ0) is 39.9. The van der Waals surface area contributed by atoms with E-state index in [0.29, 0.717) is 29.0 Å². The number of carbonyl (C=O) groups excluding carboxylic acids is 5. The fraction of sp³-hybridized carbons (Fsp3) is 0.368. The van der Waals surface area contributed by atoms with E-state index in [0.717, 1.165) is 4.90 Å². The third-order valence-corrected chi connectivity index (χ3v) is 10.0. The minimum atomic E-state index is -1.28. The van der Waals surface area contributed by atoms with Crippen molar-refractivity contribution in [1.82, 2.24) is 4.90 Å². The smallest absolute Gasteiger partial charge is 0.511 e. The van der Waals surface area contributed by atoms with Gasteiger partial charge in [0, 0.05) is 43.9 Å². The molecule has 1 heterocycles. The number of methoxy groups -OCH3 is 1. The van der Waals surface area contributed by atoms with Gasteiger partial charge >= 0.3 is 11.9 Å². The molecule has 17 heteroatoms. The molecule has 3 aliphatic rings. The Labute approximate surface area is 313 Å². The number of nitrogens with two attached hydrogens (primary N) is 1. The van der Waals surface area contributed by atoms with Crippen LogP contribution in [0.5, 0.6) is 11.5 Å². The number of fused-ring (bicyclic) bond motifs is 3. The highest BCUT2D eigenvalue weighted by Crippen LogP contribution is 2.52. The fourth-order valence-electron chi connectivity index (χ4n) is 7.64. The van der Waals surface area contributed by atoms with Crippen LogP contribution < -0.4 is 26.5 Å². The van der Waals surface area contributed by atoms with Crippen molar-refractivity contribution in [2.75, 3.05) is 44.5 Å². The third kappa shape index (κ3) is 7.12. The van der Waals surface area contributed by atoms with Crippen LogP contribution in [0.4, 0.5) is 16.2 Å². The van der Waals surface area contributed by atoms with Crippen LogP contribution in [-0.4, -0.2) is 84.0 Å². The number of aliphatic hydroxyl groups is 2. The summed E-state index contributed by atoms with van der Waals surface area (Å²) in [6.45, 7) is 0.857. The lowest BCUT2D eigenvalue weighted by atomic mass is 9.61. The second-order valence-electron chi connectivity index (χ2n) is 13.8. The lowest BCUT2D eigenvalue weighted by Crippen LogP contribution is -2.44. The molecular formula is C38H40N4O13. The molecule has 2 aromatic carbocycles. The van der Waals surface area contributed by atoms with Crippen LogP contribution in [0, 0.1) is 17.8 Å². The summed E-state index contributed by atoms with van der Waals surface area (Å²) in [5, 5.41) is 36.6. The van der Waals surface area contributed by atoms with E-state index in [2.05, 4.69) is 5.32 Å². The summed E-state index contributed by atoms with van der Waals surface area (Å²) in [5.41, 5.74) is 5.82. The Balaban J connectivity index is 1.23. The minimum absolute atomic E-state index is 0.0524. The quantitative estimate of drug-likeness (QED) is 0.138. The van der Waals surface area contributed by atoms with Crippen LogP contribution in [-0.2, 0) is 36.9 Å².